The molecule has 0 unspecified atom stereocenters. The van der Waals surface area contributed by atoms with E-state index in [2.05, 4.69) is 50.5 Å². The number of rotatable bonds is 1. The van der Waals surface area contributed by atoms with E-state index in [1.165, 1.54) is 0 Å². The van der Waals surface area contributed by atoms with Gasteiger partial charge in [-0.2, -0.15) is 25.3 Å². The summed E-state index contributed by atoms with van der Waals surface area (Å²) < 4.78 is -0.0883. The summed E-state index contributed by atoms with van der Waals surface area (Å²) in [6.45, 7) is 0. The van der Waals surface area contributed by atoms with E-state index in [-0.39, 0.29) is 4.58 Å². The Morgan fingerprint density at radius 3 is 2.18 bits per heavy atom. The fourth-order valence-corrected chi connectivity index (χ4v) is 1.88. The van der Waals surface area contributed by atoms with Crippen LogP contribution in [0.2, 0.25) is 0 Å². The molecule has 0 aromatic heterocycles. The van der Waals surface area contributed by atoms with E-state index in [0.29, 0.717) is 0 Å². The van der Waals surface area contributed by atoms with Crippen LogP contribution in [0.25, 0.3) is 0 Å². The van der Waals surface area contributed by atoms with Crippen molar-refractivity contribution in [1.82, 2.24) is 0 Å². The lowest BCUT2D eigenvalue weighted by Gasteiger charge is -2.08. The van der Waals surface area contributed by atoms with Crippen LogP contribution in [0, 0.1) is 0 Å². The molecule has 0 nitrogen and oxygen atoms in total. The molecule has 0 aliphatic heterocycles. The molecule has 1 aromatic carbocycles. The lowest BCUT2D eigenvalue weighted by molar-refractivity contribution is 1.16. The van der Waals surface area contributed by atoms with Crippen LogP contribution in [0.3, 0.4) is 0 Å². The summed E-state index contributed by atoms with van der Waals surface area (Å²) in [5.41, 5.74) is 0.993. The van der Waals surface area contributed by atoms with Gasteiger partial charge in [0.05, 0.1) is 4.58 Å². The van der Waals surface area contributed by atoms with Crippen molar-refractivity contribution in [2.24, 2.45) is 0 Å². The molecule has 0 N–H and O–H groups in total. The average molecular weight is 220 g/mol. The maximum Gasteiger partial charge on any atom is 0.0703 e. The first-order valence-corrected chi connectivity index (χ1v) is 4.92. The third-order valence-corrected chi connectivity index (χ3v) is 2.93. The predicted octanol–water partition coefficient (Wildman–Crippen LogP) is 3.12. The topological polar surface area (TPSA) is 0 Å². The third kappa shape index (κ3) is 2.28. The van der Waals surface area contributed by atoms with Crippen LogP contribution in [0.4, 0.5) is 0 Å². The maximum atomic E-state index is 4.28. The summed E-state index contributed by atoms with van der Waals surface area (Å²) in [5.74, 6) is 0. The quantitative estimate of drug-likeness (QED) is 0.406. The Kier molecular flexibility index (Phi) is 3.55. The van der Waals surface area contributed by atoms with E-state index in [1.54, 1.807) is 0 Å². The van der Waals surface area contributed by atoms with Gasteiger partial charge < -0.3 is 0 Å². The zero-order valence-corrected chi connectivity index (χ0v) is 9.18. The zero-order chi connectivity index (χ0) is 8.43. The highest BCUT2D eigenvalue weighted by atomic mass is 32.2. The molecule has 11 heavy (non-hydrogen) atoms. The van der Waals surface area contributed by atoms with Gasteiger partial charge in [0.15, 0.2) is 0 Å². The third-order valence-electron chi connectivity index (χ3n) is 1.32. The van der Waals surface area contributed by atoms with Crippen molar-refractivity contribution >= 4 is 50.5 Å². The Morgan fingerprint density at radius 2 is 1.73 bits per heavy atom. The normalized spacial score (nSPS) is 10.6. The summed E-state index contributed by atoms with van der Waals surface area (Å²) in [6, 6.07) is 5.74. The molecule has 0 amide bonds. The summed E-state index contributed by atoms with van der Waals surface area (Å²) in [5, 5.41) is 0. The van der Waals surface area contributed by atoms with Crippen molar-refractivity contribution in [3.8, 4) is 0 Å². The Labute approximate surface area is 88.4 Å². The second kappa shape index (κ2) is 4.03. The summed E-state index contributed by atoms with van der Waals surface area (Å²) in [6.07, 6.45) is 0. The molecule has 0 atom stereocenters. The Bertz CT molecular complexity index is 257. The molecule has 0 aliphatic rings. The zero-order valence-electron chi connectivity index (χ0n) is 5.60. The van der Waals surface area contributed by atoms with Crippen LogP contribution in [-0.4, -0.2) is 0 Å². The highest BCUT2D eigenvalue weighted by molar-refractivity contribution is 7.98. The number of benzene rings is 1. The van der Waals surface area contributed by atoms with E-state index in [1.807, 2.05) is 18.2 Å². The SMILES string of the molecule is Sc1cccc(C(S)S)c1S. The van der Waals surface area contributed by atoms with Gasteiger partial charge in [0, 0.05) is 9.79 Å². The molecule has 0 saturated heterocycles. The lowest BCUT2D eigenvalue weighted by Crippen LogP contribution is -1.84. The van der Waals surface area contributed by atoms with Crippen LogP contribution >= 0.6 is 50.5 Å². The highest BCUT2D eigenvalue weighted by Gasteiger charge is 2.05. The second-order valence-electron chi connectivity index (χ2n) is 2.09. The minimum Gasteiger partial charge on any atom is -0.160 e. The Balaban J connectivity index is 3.17. The van der Waals surface area contributed by atoms with E-state index in [4.69, 9.17) is 0 Å². The molecular formula is C7H8S4. The predicted molar refractivity (Wildman–Crippen MR) is 61.7 cm³/mol. The van der Waals surface area contributed by atoms with Crippen LogP contribution in [0.5, 0.6) is 0 Å². The van der Waals surface area contributed by atoms with Gasteiger partial charge in [-0.15, -0.1) is 25.3 Å². The molecule has 60 valence electrons. The van der Waals surface area contributed by atoms with E-state index >= 15 is 0 Å². The van der Waals surface area contributed by atoms with Gasteiger partial charge in [0.1, 0.15) is 0 Å². The number of thiol groups is 4. The first-order valence-electron chi connectivity index (χ1n) is 3.00. The van der Waals surface area contributed by atoms with Crippen molar-refractivity contribution in [2.45, 2.75) is 14.4 Å². The van der Waals surface area contributed by atoms with Crippen molar-refractivity contribution in [1.29, 1.82) is 0 Å². The molecule has 0 saturated carbocycles. The van der Waals surface area contributed by atoms with E-state index in [9.17, 15) is 0 Å². The fraction of sp³-hybridized carbons (Fsp3) is 0.143. The van der Waals surface area contributed by atoms with E-state index < -0.39 is 0 Å². The van der Waals surface area contributed by atoms with Crippen LogP contribution in [0.1, 0.15) is 10.1 Å². The highest BCUT2D eigenvalue weighted by Crippen LogP contribution is 2.32. The van der Waals surface area contributed by atoms with Gasteiger partial charge in [0.25, 0.3) is 0 Å². The number of hydrogen-bond acceptors (Lipinski definition) is 4. The van der Waals surface area contributed by atoms with Crippen molar-refractivity contribution in [3.63, 3.8) is 0 Å². The average Bonchev–Trinajstić information content (AvgIpc) is 1.94. The van der Waals surface area contributed by atoms with Gasteiger partial charge >= 0.3 is 0 Å². The number of hydrogen-bond donors (Lipinski definition) is 4. The van der Waals surface area contributed by atoms with Gasteiger partial charge in [-0.05, 0) is 11.6 Å². The minimum absolute atomic E-state index is 0.0883. The Morgan fingerprint density at radius 1 is 1.09 bits per heavy atom. The van der Waals surface area contributed by atoms with Gasteiger partial charge in [-0.25, -0.2) is 0 Å². The van der Waals surface area contributed by atoms with Gasteiger partial charge in [0.2, 0.25) is 0 Å². The van der Waals surface area contributed by atoms with Crippen LogP contribution in [0.15, 0.2) is 28.0 Å². The van der Waals surface area contributed by atoms with Gasteiger partial charge in [-0.1, -0.05) is 12.1 Å². The molecule has 0 aliphatic carbocycles. The monoisotopic (exact) mass is 220 g/mol. The Hall–Kier alpha value is 0.620. The minimum atomic E-state index is -0.0883. The standard InChI is InChI=1S/C7H8S4/c8-5-3-1-2-4(6(5)9)7(10)11/h1-3,7-11H. The van der Waals surface area contributed by atoms with Crippen molar-refractivity contribution in [3.05, 3.63) is 23.8 Å². The summed E-state index contributed by atoms with van der Waals surface area (Å²) in [7, 11) is 0. The van der Waals surface area contributed by atoms with Crippen molar-refractivity contribution < 1.29 is 0 Å². The first kappa shape index (κ1) is 9.71. The van der Waals surface area contributed by atoms with Gasteiger partial charge in [-0.3, -0.25) is 0 Å². The van der Waals surface area contributed by atoms with Crippen molar-refractivity contribution in [2.75, 3.05) is 0 Å². The molecule has 0 bridgehead atoms. The molecule has 1 aromatic rings. The largest absolute Gasteiger partial charge is 0.160 e. The second-order valence-corrected chi connectivity index (χ2v) is 4.46. The molecule has 0 heterocycles. The fourth-order valence-electron chi connectivity index (χ4n) is 0.757. The lowest BCUT2D eigenvalue weighted by atomic mass is 10.2. The molecule has 0 radical (unpaired) electrons. The maximum absolute atomic E-state index is 4.28. The molecule has 0 spiro atoms. The first-order chi connectivity index (χ1) is 5.13. The van der Waals surface area contributed by atoms with Crippen LogP contribution < -0.4 is 0 Å². The molecule has 0 fully saturated rings. The smallest absolute Gasteiger partial charge is 0.0703 e. The summed E-state index contributed by atoms with van der Waals surface area (Å²) >= 11 is 16.9. The molecule has 1 rings (SSSR count). The summed E-state index contributed by atoms with van der Waals surface area (Å²) in [4.78, 5) is 1.71. The van der Waals surface area contributed by atoms with E-state index in [0.717, 1.165) is 15.4 Å². The van der Waals surface area contributed by atoms with Crippen LogP contribution in [-0.2, 0) is 0 Å². The molecular weight excluding hydrogens is 212 g/mol. The molecule has 4 heteroatoms.